The second kappa shape index (κ2) is 5.96. The molecule has 0 aromatic heterocycles. The molecule has 0 aromatic rings. The lowest BCUT2D eigenvalue weighted by Crippen LogP contribution is -2.63. The van der Waals surface area contributed by atoms with Crippen molar-refractivity contribution in [3.8, 4) is 0 Å². The molecule has 0 unspecified atom stereocenters. The van der Waals surface area contributed by atoms with Crippen molar-refractivity contribution < 1.29 is 35.5 Å². The van der Waals surface area contributed by atoms with E-state index < -0.39 is 65.1 Å². The van der Waals surface area contributed by atoms with Crippen molar-refractivity contribution in [2.45, 2.75) is 70.1 Å². The number of hydrogen-bond acceptors (Lipinski definition) is 6. The molecule has 8 atom stereocenters. The SMILES string of the molecule is [2H]C1([2H])[C@]([2H])(O)[C@]2([2H])[C@H](C[C@H](O)C3=CC(=O)CC[C@@]32C)[C@@H]2CC[C@](O)(C(=O)CO)[C@]21C. The third-order valence-electron chi connectivity index (χ3n) is 7.77. The van der Waals surface area contributed by atoms with E-state index in [1.807, 2.05) is 0 Å². The Hall–Kier alpha value is -1.08. The number of hydrogen-bond donors (Lipinski definition) is 4. The molecule has 0 heterocycles. The molecule has 0 saturated heterocycles. The molecule has 27 heavy (non-hydrogen) atoms. The number of aliphatic hydroxyl groups is 4. The first-order valence-corrected chi connectivity index (χ1v) is 9.60. The van der Waals surface area contributed by atoms with Crippen molar-refractivity contribution >= 4 is 11.6 Å². The highest BCUT2D eigenvalue weighted by Gasteiger charge is 2.68. The fourth-order valence-corrected chi connectivity index (χ4v) is 6.27. The first kappa shape index (κ1) is 14.9. The third kappa shape index (κ3) is 2.33. The van der Waals surface area contributed by atoms with Gasteiger partial charge in [-0.15, -0.1) is 0 Å². The van der Waals surface area contributed by atoms with Gasteiger partial charge in [0.05, 0.1) is 13.6 Å². The molecule has 0 aliphatic heterocycles. The Morgan fingerprint density at radius 1 is 1.37 bits per heavy atom. The summed E-state index contributed by atoms with van der Waals surface area (Å²) in [5.74, 6) is -5.09. The molecule has 0 bridgehead atoms. The lowest BCUT2D eigenvalue weighted by atomic mass is 9.45. The van der Waals surface area contributed by atoms with Crippen LogP contribution in [0.15, 0.2) is 11.6 Å². The number of ketones is 2. The summed E-state index contributed by atoms with van der Waals surface area (Å²) in [5, 5.41) is 43.2. The van der Waals surface area contributed by atoms with Crippen molar-refractivity contribution in [1.29, 1.82) is 0 Å². The molecule has 150 valence electrons. The monoisotopic (exact) mass is 382 g/mol. The van der Waals surface area contributed by atoms with E-state index in [4.69, 9.17) is 4.11 Å². The molecule has 3 fully saturated rings. The predicted octanol–water partition coefficient (Wildman–Crippen LogP) is 0.752. The van der Waals surface area contributed by atoms with Gasteiger partial charge < -0.3 is 20.4 Å². The largest absolute Gasteiger partial charge is 0.393 e. The van der Waals surface area contributed by atoms with Gasteiger partial charge in [0.2, 0.25) is 0 Å². The van der Waals surface area contributed by atoms with Gasteiger partial charge in [-0.1, -0.05) is 13.8 Å². The quantitative estimate of drug-likeness (QED) is 0.560. The van der Waals surface area contributed by atoms with Crippen LogP contribution in [0.4, 0.5) is 0 Å². The highest BCUT2D eigenvalue weighted by Crippen LogP contribution is 2.67. The first-order chi connectivity index (χ1) is 14.1. The zero-order valence-corrected chi connectivity index (χ0v) is 15.7. The van der Waals surface area contributed by atoms with E-state index >= 15 is 0 Å². The molecule has 0 spiro atoms. The molecule has 3 saturated carbocycles. The lowest BCUT2D eigenvalue weighted by Gasteiger charge is -2.61. The standard InChI is InChI=1S/C21H30O6/c1-19-5-3-11(23)7-14(19)15(24)8-12-13-4-6-21(27,17(26)10-22)20(13,2)9-16(25)18(12)19/h7,12-13,15-16,18,22,24-25,27H,3-6,8-10H2,1-2H3/t12-,13+,15+,16+,18+,19+,20+,21+/m1/s1/i9D2,16D,18D. The first-order valence-electron chi connectivity index (χ1n) is 11.6. The van der Waals surface area contributed by atoms with Crippen LogP contribution >= 0.6 is 0 Å². The highest BCUT2D eigenvalue weighted by atomic mass is 16.3. The zero-order chi connectivity index (χ0) is 23.4. The molecule has 6 heteroatoms. The number of fused-ring (bicyclic) bond motifs is 5. The van der Waals surface area contributed by atoms with Crippen LogP contribution in [0, 0.1) is 28.6 Å². The van der Waals surface area contributed by atoms with Crippen LogP contribution in [0.25, 0.3) is 0 Å². The van der Waals surface area contributed by atoms with Crippen LogP contribution in [-0.2, 0) is 9.59 Å². The summed E-state index contributed by atoms with van der Waals surface area (Å²) in [6, 6.07) is 0. The van der Waals surface area contributed by atoms with Crippen molar-refractivity contribution in [3.63, 3.8) is 0 Å². The van der Waals surface area contributed by atoms with Gasteiger partial charge in [0, 0.05) is 15.9 Å². The maximum atomic E-state index is 12.6. The molecule has 4 N–H and O–H groups in total. The van der Waals surface area contributed by atoms with Crippen LogP contribution in [0.5, 0.6) is 0 Å². The van der Waals surface area contributed by atoms with Crippen molar-refractivity contribution in [2.24, 2.45) is 28.6 Å². The second-order valence-corrected chi connectivity index (χ2v) is 8.93. The Bertz CT molecular complexity index is 889. The Balaban J connectivity index is 2.00. The van der Waals surface area contributed by atoms with Gasteiger partial charge >= 0.3 is 0 Å². The Labute approximate surface area is 164 Å². The van der Waals surface area contributed by atoms with E-state index in [2.05, 4.69) is 0 Å². The summed E-state index contributed by atoms with van der Waals surface area (Å²) < 4.78 is 36.1. The minimum atomic E-state index is -3.08. The smallest absolute Gasteiger partial charge is 0.190 e. The van der Waals surface area contributed by atoms with Crippen molar-refractivity contribution in [3.05, 3.63) is 11.6 Å². The molecular weight excluding hydrogens is 348 g/mol. The van der Waals surface area contributed by atoms with Crippen LogP contribution in [0.2, 0.25) is 0 Å². The summed E-state index contributed by atoms with van der Waals surface area (Å²) in [5.41, 5.74) is -5.40. The number of rotatable bonds is 2. The normalized spacial score (nSPS) is 61.3. The number of Topliss-reactive ketones (excluding diaryl/α,β-unsaturated/α-hetero) is 1. The van der Waals surface area contributed by atoms with E-state index in [-0.39, 0.29) is 43.5 Å². The van der Waals surface area contributed by atoms with Gasteiger partial charge in [-0.3, -0.25) is 9.59 Å². The third-order valence-corrected chi connectivity index (χ3v) is 7.77. The van der Waals surface area contributed by atoms with Gasteiger partial charge in [0.25, 0.3) is 0 Å². The van der Waals surface area contributed by atoms with Crippen LogP contribution in [-0.4, -0.2) is 56.4 Å². The number of aliphatic hydroxyl groups excluding tert-OH is 2. The molecule has 6 nitrogen and oxygen atoms in total. The van der Waals surface area contributed by atoms with Gasteiger partial charge in [-0.2, -0.15) is 0 Å². The molecule has 0 amide bonds. The van der Waals surface area contributed by atoms with Crippen molar-refractivity contribution in [1.82, 2.24) is 0 Å². The molecule has 4 aliphatic rings. The van der Waals surface area contributed by atoms with Gasteiger partial charge in [0.15, 0.2) is 11.6 Å². The maximum Gasteiger partial charge on any atom is 0.190 e. The fraction of sp³-hybridized carbons (Fsp3) is 0.810. The summed E-state index contributed by atoms with van der Waals surface area (Å²) >= 11 is 0. The Morgan fingerprint density at radius 3 is 2.74 bits per heavy atom. The van der Waals surface area contributed by atoms with E-state index in [0.29, 0.717) is 0 Å². The minimum absolute atomic E-state index is 0.0496. The van der Waals surface area contributed by atoms with Gasteiger partial charge in [-0.05, 0) is 66.9 Å². The second-order valence-electron chi connectivity index (χ2n) is 8.93. The van der Waals surface area contributed by atoms with E-state index in [1.54, 1.807) is 6.92 Å². The number of carbonyl (C=O) groups excluding carboxylic acids is 2. The topological polar surface area (TPSA) is 115 Å². The van der Waals surface area contributed by atoms with Crippen LogP contribution in [0.3, 0.4) is 0 Å². The number of carbonyl (C=O) groups is 2. The average Bonchev–Trinajstić information content (AvgIpc) is 2.98. The van der Waals surface area contributed by atoms with Gasteiger partial charge in [-0.25, -0.2) is 0 Å². The predicted molar refractivity (Wildman–Crippen MR) is 96.5 cm³/mol. The maximum absolute atomic E-state index is 12.6. The van der Waals surface area contributed by atoms with Crippen molar-refractivity contribution in [2.75, 3.05) is 6.61 Å². The molecular formula is C21H30O6. The molecule has 4 rings (SSSR count). The molecule has 4 aliphatic carbocycles. The summed E-state index contributed by atoms with van der Waals surface area (Å²) in [6.45, 7) is 1.88. The summed E-state index contributed by atoms with van der Waals surface area (Å²) in [6.07, 6.45) is -5.87. The van der Waals surface area contributed by atoms with E-state index in [9.17, 15) is 31.4 Å². The lowest BCUT2D eigenvalue weighted by molar-refractivity contribution is -0.187. The molecule has 0 aromatic carbocycles. The summed E-state index contributed by atoms with van der Waals surface area (Å²) in [4.78, 5) is 24.6. The highest BCUT2D eigenvalue weighted by molar-refractivity contribution is 5.92. The van der Waals surface area contributed by atoms with Crippen LogP contribution in [0.1, 0.15) is 57.8 Å². The Kier molecular flexibility index (Phi) is 3.28. The summed E-state index contributed by atoms with van der Waals surface area (Å²) in [7, 11) is 0. The zero-order valence-electron chi connectivity index (χ0n) is 19.7. The van der Waals surface area contributed by atoms with E-state index in [0.717, 1.165) is 0 Å². The average molecular weight is 382 g/mol. The molecule has 0 radical (unpaired) electrons. The van der Waals surface area contributed by atoms with Crippen LogP contribution < -0.4 is 0 Å². The van der Waals surface area contributed by atoms with E-state index in [1.165, 1.54) is 13.0 Å². The fourth-order valence-electron chi connectivity index (χ4n) is 6.27. The Morgan fingerprint density at radius 2 is 2.07 bits per heavy atom. The van der Waals surface area contributed by atoms with Gasteiger partial charge in [0.1, 0.15) is 12.2 Å². The minimum Gasteiger partial charge on any atom is -0.393 e.